The number of allylic oxidation sites excluding steroid dienone is 2. The molecule has 4 rings (SSSR count). The quantitative estimate of drug-likeness (QED) is 0.633. The van der Waals surface area contributed by atoms with Crippen LogP contribution in [0, 0.1) is 5.82 Å². The van der Waals surface area contributed by atoms with E-state index < -0.39 is 10.8 Å². The van der Waals surface area contributed by atoms with Crippen LogP contribution < -0.4 is 5.32 Å². The van der Waals surface area contributed by atoms with E-state index in [-0.39, 0.29) is 18.1 Å². The first-order valence-electron chi connectivity index (χ1n) is 11.5. The number of likely N-dealkylation sites (N-methyl/N-ethyl adjacent to an activating group) is 1. The van der Waals surface area contributed by atoms with Crippen LogP contribution in [0.25, 0.3) is 17.2 Å². The molecule has 2 aromatic carbocycles. The summed E-state index contributed by atoms with van der Waals surface area (Å²) in [4.78, 5) is 16.0. The molecule has 2 aliphatic rings. The second-order valence-corrected chi connectivity index (χ2v) is 10.2. The molecule has 0 aromatic heterocycles. The molecule has 174 valence electrons. The molecule has 0 bridgehead atoms. The van der Waals surface area contributed by atoms with Crippen LogP contribution >= 0.6 is 0 Å². The molecule has 1 aliphatic heterocycles. The third-order valence-corrected chi connectivity index (χ3v) is 7.69. The first kappa shape index (κ1) is 23.6. The molecule has 6 heteroatoms. The summed E-state index contributed by atoms with van der Waals surface area (Å²) in [6.45, 7) is 6.90. The van der Waals surface area contributed by atoms with Gasteiger partial charge in [-0.15, -0.1) is 0 Å². The molecular formula is C27H31FN2O2S. The summed E-state index contributed by atoms with van der Waals surface area (Å²) in [5.41, 5.74) is 5.55. The minimum absolute atomic E-state index is 0.0291. The van der Waals surface area contributed by atoms with Gasteiger partial charge in [-0.2, -0.15) is 0 Å². The van der Waals surface area contributed by atoms with Crippen molar-refractivity contribution in [2.45, 2.75) is 44.0 Å². The van der Waals surface area contributed by atoms with Crippen LogP contribution in [0.15, 0.2) is 52.9 Å². The van der Waals surface area contributed by atoms with Crippen molar-refractivity contribution >= 4 is 33.9 Å². The smallest absolute Gasteiger partial charge is 0.224 e. The molecule has 1 unspecified atom stereocenters. The number of nitrogens with zero attached hydrogens (tertiary/aromatic N) is 1. The molecular weight excluding hydrogens is 435 g/mol. The third kappa shape index (κ3) is 5.17. The van der Waals surface area contributed by atoms with Gasteiger partial charge >= 0.3 is 0 Å². The SMILES string of the molecule is CCN1CCC[C@H]1CNC(=O)CC1=C(C)/C(=C/c2ccc(S(C)=O)cc2)c2ccc(F)cc21. The van der Waals surface area contributed by atoms with E-state index in [1.807, 2.05) is 31.2 Å². The fourth-order valence-electron chi connectivity index (χ4n) is 4.90. The number of nitrogens with one attached hydrogen (secondary N) is 1. The van der Waals surface area contributed by atoms with Crippen molar-refractivity contribution in [1.29, 1.82) is 0 Å². The largest absolute Gasteiger partial charge is 0.354 e. The van der Waals surface area contributed by atoms with Crippen molar-refractivity contribution in [3.8, 4) is 0 Å². The van der Waals surface area contributed by atoms with E-state index in [1.165, 1.54) is 18.6 Å². The molecule has 1 heterocycles. The highest BCUT2D eigenvalue weighted by Gasteiger charge is 2.27. The number of carbonyl (C=O) groups is 1. The maximum Gasteiger partial charge on any atom is 0.224 e. The highest BCUT2D eigenvalue weighted by molar-refractivity contribution is 7.84. The van der Waals surface area contributed by atoms with Gasteiger partial charge in [-0.05, 0) is 96.6 Å². The minimum Gasteiger partial charge on any atom is -0.354 e. The lowest BCUT2D eigenvalue weighted by Crippen LogP contribution is -2.40. The van der Waals surface area contributed by atoms with E-state index in [0.717, 1.165) is 57.8 Å². The van der Waals surface area contributed by atoms with E-state index in [4.69, 9.17) is 0 Å². The predicted molar refractivity (Wildman–Crippen MR) is 134 cm³/mol. The fraction of sp³-hybridized carbons (Fsp3) is 0.370. The average Bonchev–Trinajstić information content (AvgIpc) is 3.36. The van der Waals surface area contributed by atoms with Crippen molar-refractivity contribution in [2.75, 3.05) is 25.9 Å². The number of benzene rings is 2. The molecule has 2 atom stereocenters. The second kappa shape index (κ2) is 10.1. The van der Waals surface area contributed by atoms with Crippen LogP contribution in [0.3, 0.4) is 0 Å². The molecule has 1 aliphatic carbocycles. The normalized spacial score (nSPS) is 20.4. The summed E-state index contributed by atoms with van der Waals surface area (Å²) in [7, 11) is -1.02. The first-order chi connectivity index (χ1) is 15.9. The topological polar surface area (TPSA) is 49.4 Å². The summed E-state index contributed by atoms with van der Waals surface area (Å²) in [5, 5.41) is 3.11. The number of hydrogen-bond acceptors (Lipinski definition) is 3. The van der Waals surface area contributed by atoms with Crippen molar-refractivity contribution in [1.82, 2.24) is 10.2 Å². The fourth-order valence-corrected chi connectivity index (χ4v) is 5.42. The summed E-state index contributed by atoms with van der Waals surface area (Å²) in [6, 6.07) is 12.8. The van der Waals surface area contributed by atoms with Crippen LogP contribution in [0.5, 0.6) is 0 Å². The van der Waals surface area contributed by atoms with Gasteiger partial charge in [-0.1, -0.05) is 25.1 Å². The highest BCUT2D eigenvalue weighted by atomic mass is 32.2. The van der Waals surface area contributed by atoms with Gasteiger partial charge < -0.3 is 5.32 Å². The molecule has 2 aromatic rings. The Bertz CT molecular complexity index is 1140. The van der Waals surface area contributed by atoms with Gasteiger partial charge in [0.2, 0.25) is 5.91 Å². The Kier molecular flexibility index (Phi) is 7.25. The molecule has 0 saturated carbocycles. The van der Waals surface area contributed by atoms with Crippen LogP contribution in [0.2, 0.25) is 0 Å². The Labute approximate surface area is 198 Å². The number of rotatable bonds is 7. The maximum atomic E-state index is 14.1. The molecule has 1 amide bonds. The summed E-state index contributed by atoms with van der Waals surface area (Å²) in [6.07, 6.45) is 6.23. The Balaban J connectivity index is 1.57. The Morgan fingerprint density at radius 3 is 2.67 bits per heavy atom. The van der Waals surface area contributed by atoms with Crippen LogP contribution in [-0.2, 0) is 15.6 Å². The molecule has 0 spiro atoms. The average molecular weight is 467 g/mol. The Hall–Kier alpha value is -2.57. The van der Waals surface area contributed by atoms with Crippen LogP contribution in [-0.4, -0.2) is 46.9 Å². The van der Waals surface area contributed by atoms with Gasteiger partial charge in [0.25, 0.3) is 0 Å². The van der Waals surface area contributed by atoms with Gasteiger partial charge in [0.1, 0.15) is 5.82 Å². The number of carbonyl (C=O) groups excluding carboxylic acids is 1. The van der Waals surface area contributed by atoms with Crippen molar-refractivity contribution in [2.24, 2.45) is 0 Å². The third-order valence-electron chi connectivity index (χ3n) is 6.75. The molecule has 0 radical (unpaired) electrons. The van der Waals surface area contributed by atoms with Gasteiger partial charge in [0, 0.05) is 34.5 Å². The number of likely N-dealkylation sites (tertiary alicyclic amines) is 1. The zero-order valence-electron chi connectivity index (χ0n) is 19.5. The summed E-state index contributed by atoms with van der Waals surface area (Å²) < 4.78 is 25.8. The lowest BCUT2D eigenvalue weighted by Gasteiger charge is -2.23. The highest BCUT2D eigenvalue weighted by Crippen LogP contribution is 2.43. The van der Waals surface area contributed by atoms with E-state index in [9.17, 15) is 13.4 Å². The Morgan fingerprint density at radius 2 is 1.97 bits per heavy atom. The van der Waals surface area contributed by atoms with Crippen molar-refractivity contribution in [3.05, 3.63) is 70.5 Å². The predicted octanol–water partition coefficient (Wildman–Crippen LogP) is 4.88. The van der Waals surface area contributed by atoms with Gasteiger partial charge in [0.05, 0.1) is 6.42 Å². The zero-order chi connectivity index (χ0) is 23.5. The first-order valence-corrected chi connectivity index (χ1v) is 13.1. The van der Waals surface area contributed by atoms with Crippen molar-refractivity contribution in [3.63, 3.8) is 0 Å². The number of halogens is 1. The summed E-state index contributed by atoms with van der Waals surface area (Å²) in [5.74, 6) is -0.335. The van der Waals surface area contributed by atoms with E-state index >= 15 is 0 Å². The lowest BCUT2D eigenvalue weighted by molar-refractivity contribution is -0.120. The van der Waals surface area contributed by atoms with Crippen LogP contribution in [0.4, 0.5) is 4.39 Å². The second-order valence-electron chi connectivity index (χ2n) is 8.78. The minimum atomic E-state index is -1.02. The number of hydrogen-bond donors (Lipinski definition) is 1. The monoisotopic (exact) mass is 466 g/mol. The van der Waals surface area contributed by atoms with Gasteiger partial charge in [0.15, 0.2) is 0 Å². The summed E-state index contributed by atoms with van der Waals surface area (Å²) >= 11 is 0. The standard InChI is InChI=1S/C27H31FN2O2S/c1-4-30-13-5-6-21(30)17-29-27(31)16-25-18(2)24(23-12-9-20(28)15-26(23)25)14-19-7-10-22(11-8-19)33(3)32/h7-12,14-15,21H,4-6,13,16-17H2,1-3H3,(H,29,31)/b24-14-/t21-,33?/m0/s1. The number of fused-ring (bicyclic) bond motifs is 1. The molecule has 1 fully saturated rings. The van der Waals surface area contributed by atoms with E-state index in [0.29, 0.717) is 12.6 Å². The molecule has 1 saturated heterocycles. The molecule has 1 N–H and O–H groups in total. The Morgan fingerprint density at radius 1 is 1.21 bits per heavy atom. The van der Waals surface area contributed by atoms with E-state index in [1.54, 1.807) is 12.3 Å². The van der Waals surface area contributed by atoms with Crippen LogP contribution in [0.1, 0.15) is 49.8 Å². The lowest BCUT2D eigenvalue weighted by atomic mass is 10.0. The van der Waals surface area contributed by atoms with Crippen molar-refractivity contribution < 1.29 is 13.4 Å². The van der Waals surface area contributed by atoms with Gasteiger partial charge in [-0.3, -0.25) is 13.9 Å². The maximum absolute atomic E-state index is 14.1. The molecule has 4 nitrogen and oxygen atoms in total. The zero-order valence-corrected chi connectivity index (χ0v) is 20.3. The van der Waals surface area contributed by atoms with Gasteiger partial charge in [-0.25, -0.2) is 4.39 Å². The molecule has 33 heavy (non-hydrogen) atoms. The van der Waals surface area contributed by atoms with E-state index in [2.05, 4.69) is 23.2 Å². The number of amides is 1.